The number of halogens is 2. The standard InChI is InChI=1S/C38H41ClFN9O3/c1-23-29(22-46(2)45-23)36-43-34-35(30(39)20-41-37(34)44-36)52-28-6-3-25(4-7-28)26-11-14-47(15-12-26)21-24-9-16-48(17-10-24)32-8-5-27(19-31(32)40)49-18-13-33(50)42-38(49)51/h3-8,19-20,22,24,26H,9-18,21H2,1-2H3,(H,41,43,44)(H,42,50,51). The summed E-state index contributed by atoms with van der Waals surface area (Å²) in [5.41, 5.74) is 5.26. The highest BCUT2D eigenvalue weighted by Crippen LogP contribution is 2.38. The number of likely N-dealkylation sites (tertiary alicyclic amines) is 1. The number of rotatable bonds is 8. The van der Waals surface area contributed by atoms with E-state index in [1.165, 1.54) is 16.5 Å². The number of aromatic nitrogens is 5. The second-order valence-corrected chi connectivity index (χ2v) is 14.5. The minimum absolute atomic E-state index is 0.207. The van der Waals surface area contributed by atoms with E-state index in [1.54, 1.807) is 23.0 Å². The van der Waals surface area contributed by atoms with Gasteiger partial charge < -0.3 is 19.5 Å². The van der Waals surface area contributed by atoms with E-state index in [4.69, 9.17) is 16.3 Å². The quantitative estimate of drug-likeness (QED) is 0.179. The number of aromatic amines is 1. The largest absolute Gasteiger partial charge is 0.453 e. The van der Waals surface area contributed by atoms with Crippen LogP contribution in [0.25, 0.3) is 22.6 Å². The van der Waals surface area contributed by atoms with Crippen molar-refractivity contribution < 1.29 is 18.7 Å². The molecule has 3 aliphatic heterocycles. The highest BCUT2D eigenvalue weighted by molar-refractivity contribution is 6.32. The van der Waals surface area contributed by atoms with Crippen LogP contribution in [0.15, 0.2) is 54.9 Å². The van der Waals surface area contributed by atoms with Gasteiger partial charge in [0.25, 0.3) is 0 Å². The molecule has 0 bridgehead atoms. The molecule has 5 aromatic rings. The van der Waals surface area contributed by atoms with Crippen LogP contribution in [0.4, 0.5) is 20.6 Å². The number of piperidine rings is 2. The molecular weight excluding hydrogens is 685 g/mol. The van der Waals surface area contributed by atoms with Gasteiger partial charge in [-0.05, 0) is 93.4 Å². The number of carbonyl (C=O) groups is 2. The average molecular weight is 726 g/mol. The third kappa shape index (κ3) is 6.94. The summed E-state index contributed by atoms with van der Waals surface area (Å²) in [6, 6.07) is 12.7. The van der Waals surface area contributed by atoms with Crippen LogP contribution in [0.1, 0.15) is 49.3 Å². The number of amides is 3. The molecule has 3 aliphatic rings. The van der Waals surface area contributed by atoms with Crippen LogP contribution in [0.5, 0.6) is 11.5 Å². The van der Waals surface area contributed by atoms with E-state index >= 15 is 4.39 Å². The smallest absolute Gasteiger partial charge is 0.328 e. The van der Waals surface area contributed by atoms with E-state index in [0.29, 0.717) is 56.7 Å². The molecule has 2 N–H and O–H groups in total. The van der Waals surface area contributed by atoms with Crippen molar-refractivity contribution in [3.8, 4) is 22.9 Å². The van der Waals surface area contributed by atoms with Crippen LogP contribution >= 0.6 is 11.6 Å². The van der Waals surface area contributed by atoms with Crippen LogP contribution in [0.2, 0.25) is 5.02 Å². The first-order valence-corrected chi connectivity index (χ1v) is 18.3. The topological polar surface area (TPSA) is 125 Å². The van der Waals surface area contributed by atoms with Crippen molar-refractivity contribution in [3.63, 3.8) is 0 Å². The fourth-order valence-corrected chi connectivity index (χ4v) is 7.98. The highest BCUT2D eigenvalue weighted by atomic mass is 35.5. The number of H-pyrrole nitrogens is 1. The normalized spacial score (nSPS) is 18.0. The number of nitrogens with one attached hydrogen (secondary N) is 2. The molecule has 0 saturated carbocycles. The minimum Gasteiger partial charge on any atom is -0.453 e. The van der Waals surface area contributed by atoms with Crippen molar-refractivity contribution in [2.24, 2.45) is 13.0 Å². The van der Waals surface area contributed by atoms with E-state index in [1.807, 2.05) is 32.3 Å². The molecule has 0 aliphatic carbocycles. The van der Waals surface area contributed by atoms with Gasteiger partial charge in [-0.15, -0.1) is 0 Å². The number of benzene rings is 2. The number of ether oxygens (including phenoxy) is 1. The Morgan fingerprint density at radius 3 is 2.46 bits per heavy atom. The molecule has 6 heterocycles. The monoisotopic (exact) mass is 725 g/mol. The summed E-state index contributed by atoms with van der Waals surface area (Å²) >= 11 is 6.56. The molecule has 3 amide bonds. The number of imide groups is 1. The lowest BCUT2D eigenvalue weighted by Crippen LogP contribution is -2.49. The van der Waals surface area contributed by atoms with Gasteiger partial charge in [0.2, 0.25) is 5.91 Å². The van der Waals surface area contributed by atoms with Gasteiger partial charge in [-0.25, -0.2) is 19.2 Å². The summed E-state index contributed by atoms with van der Waals surface area (Å²) in [5, 5.41) is 7.12. The molecule has 52 heavy (non-hydrogen) atoms. The number of hydrogen-bond donors (Lipinski definition) is 2. The Morgan fingerprint density at radius 2 is 1.77 bits per heavy atom. The van der Waals surface area contributed by atoms with Crippen LogP contribution in [-0.4, -0.2) is 80.8 Å². The SMILES string of the molecule is Cc1nn(C)cc1-c1nc2ncc(Cl)c(Oc3ccc(C4CCN(CC5CCN(c6ccc(N7CCC(=O)NC7=O)cc6F)CC5)CC4)cc3)c2[nH]1. The molecular formula is C38H41ClFN9O3. The number of pyridine rings is 1. The highest BCUT2D eigenvalue weighted by Gasteiger charge is 2.28. The summed E-state index contributed by atoms with van der Waals surface area (Å²) in [5.74, 6) is 2.26. The molecule has 2 aromatic carbocycles. The number of hydrogen-bond acceptors (Lipinski definition) is 8. The van der Waals surface area contributed by atoms with Gasteiger partial charge in [-0.1, -0.05) is 23.7 Å². The van der Waals surface area contributed by atoms with Crippen molar-refractivity contribution >= 4 is 46.1 Å². The van der Waals surface area contributed by atoms with Gasteiger partial charge in [-0.3, -0.25) is 19.7 Å². The molecule has 12 nitrogen and oxygen atoms in total. The maximum atomic E-state index is 15.2. The lowest BCUT2D eigenvalue weighted by atomic mass is 9.88. The maximum absolute atomic E-state index is 15.2. The van der Waals surface area contributed by atoms with Crippen LogP contribution < -0.4 is 19.9 Å². The number of aryl methyl sites for hydroxylation is 2. The van der Waals surface area contributed by atoms with Gasteiger partial charge in [0.05, 0.1) is 23.1 Å². The molecule has 8 rings (SSSR count). The fraction of sp³-hybridized carbons (Fsp3) is 0.395. The van der Waals surface area contributed by atoms with Crippen LogP contribution in [-0.2, 0) is 11.8 Å². The summed E-state index contributed by atoms with van der Waals surface area (Å²) < 4.78 is 23.3. The van der Waals surface area contributed by atoms with E-state index in [2.05, 4.69) is 47.3 Å². The number of carbonyl (C=O) groups excluding carboxylic acids is 2. The number of anilines is 2. The van der Waals surface area contributed by atoms with E-state index < -0.39 is 6.03 Å². The van der Waals surface area contributed by atoms with Gasteiger partial charge in [0.1, 0.15) is 27.9 Å². The lowest BCUT2D eigenvalue weighted by Gasteiger charge is -2.38. The first-order chi connectivity index (χ1) is 25.2. The second kappa shape index (κ2) is 14.2. The van der Waals surface area contributed by atoms with Crippen molar-refractivity contribution in [3.05, 3.63) is 77.0 Å². The van der Waals surface area contributed by atoms with Crippen molar-refractivity contribution in [1.29, 1.82) is 0 Å². The molecule has 3 saturated heterocycles. The molecule has 0 radical (unpaired) electrons. The van der Waals surface area contributed by atoms with Crippen molar-refractivity contribution in [1.82, 2.24) is 34.9 Å². The Kier molecular flexibility index (Phi) is 9.31. The number of nitrogens with zero attached hydrogens (tertiary/aromatic N) is 7. The molecule has 3 aromatic heterocycles. The summed E-state index contributed by atoms with van der Waals surface area (Å²) in [4.78, 5) is 42.2. The molecule has 0 atom stereocenters. The van der Waals surface area contributed by atoms with Crippen molar-refractivity contribution in [2.45, 2.75) is 44.9 Å². The Labute approximate surface area is 305 Å². The van der Waals surface area contributed by atoms with Crippen LogP contribution in [0.3, 0.4) is 0 Å². The Hall–Kier alpha value is -5.01. The van der Waals surface area contributed by atoms with Gasteiger partial charge in [-0.2, -0.15) is 5.10 Å². The second-order valence-electron chi connectivity index (χ2n) is 14.1. The lowest BCUT2D eigenvalue weighted by molar-refractivity contribution is -0.120. The molecule has 3 fully saturated rings. The van der Waals surface area contributed by atoms with E-state index in [9.17, 15) is 9.59 Å². The van der Waals surface area contributed by atoms with Gasteiger partial charge in [0.15, 0.2) is 11.4 Å². The fourth-order valence-electron chi connectivity index (χ4n) is 7.80. The number of imidazole rings is 1. The minimum atomic E-state index is -0.508. The molecule has 0 unspecified atom stereocenters. The van der Waals surface area contributed by atoms with Crippen LogP contribution in [0, 0.1) is 18.7 Å². The first kappa shape index (κ1) is 34.1. The average Bonchev–Trinajstić information content (AvgIpc) is 3.72. The zero-order valence-electron chi connectivity index (χ0n) is 29.2. The maximum Gasteiger partial charge on any atom is 0.328 e. The predicted molar refractivity (Wildman–Crippen MR) is 198 cm³/mol. The predicted octanol–water partition coefficient (Wildman–Crippen LogP) is 6.79. The summed E-state index contributed by atoms with van der Waals surface area (Å²) in [6.45, 7) is 6.96. The Bertz CT molecular complexity index is 2120. The van der Waals surface area contributed by atoms with E-state index in [-0.39, 0.29) is 24.7 Å². The molecule has 14 heteroatoms. The molecule has 0 spiro atoms. The number of fused-ring (bicyclic) bond motifs is 1. The first-order valence-electron chi connectivity index (χ1n) is 17.9. The Morgan fingerprint density at radius 1 is 1.00 bits per heavy atom. The van der Waals surface area contributed by atoms with Crippen molar-refractivity contribution in [2.75, 3.05) is 49.1 Å². The third-order valence-electron chi connectivity index (χ3n) is 10.6. The summed E-state index contributed by atoms with van der Waals surface area (Å²) in [7, 11) is 1.88. The van der Waals surface area contributed by atoms with Gasteiger partial charge in [0, 0.05) is 51.5 Å². The van der Waals surface area contributed by atoms with Gasteiger partial charge >= 0.3 is 6.03 Å². The summed E-state index contributed by atoms with van der Waals surface area (Å²) in [6.07, 6.45) is 7.91. The molecule has 270 valence electrons. The number of urea groups is 1. The van der Waals surface area contributed by atoms with E-state index in [0.717, 1.165) is 69.7 Å². The third-order valence-corrected chi connectivity index (χ3v) is 10.9. The zero-order chi connectivity index (χ0) is 35.9. The zero-order valence-corrected chi connectivity index (χ0v) is 30.0. The Balaban J connectivity index is 0.825.